The van der Waals surface area contributed by atoms with Gasteiger partial charge < -0.3 is 10.1 Å². The first kappa shape index (κ1) is 19.1. The molecule has 1 aromatic heterocycles. The molecule has 25 heavy (non-hydrogen) atoms. The quantitative estimate of drug-likeness (QED) is 0.392. The van der Waals surface area contributed by atoms with Crippen molar-refractivity contribution in [1.82, 2.24) is 9.97 Å². The lowest BCUT2D eigenvalue weighted by Crippen LogP contribution is -1.96. The summed E-state index contributed by atoms with van der Waals surface area (Å²) < 4.78 is 5.08. The van der Waals surface area contributed by atoms with Crippen LogP contribution in [0.2, 0.25) is 0 Å². The van der Waals surface area contributed by atoms with Gasteiger partial charge in [0.1, 0.15) is 12.1 Å². The number of benzene rings is 2. The molecule has 0 saturated carbocycles. The van der Waals surface area contributed by atoms with E-state index in [-0.39, 0.29) is 12.4 Å². The number of halogens is 1. The summed E-state index contributed by atoms with van der Waals surface area (Å²) in [5, 5.41) is 4.29. The fraction of sp³-hybridized carbons (Fsp3) is 0.158. The second-order valence-electron chi connectivity index (χ2n) is 5.09. The third-order valence-corrected chi connectivity index (χ3v) is 4.41. The van der Waals surface area contributed by atoms with Crippen molar-refractivity contribution in [2.75, 3.05) is 24.8 Å². The van der Waals surface area contributed by atoms with Crippen molar-refractivity contribution in [2.45, 2.75) is 4.90 Å². The van der Waals surface area contributed by atoms with E-state index in [1.807, 2.05) is 30.3 Å². The van der Waals surface area contributed by atoms with Gasteiger partial charge in [0.05, 0.1) is 12.1 Å². The van der Waals surface area contributed by atoms with E-state index >= 15 is 0 Å². The average Bonchev–Trinajstić information content (AvgIpc) is 2.62. The number of anilines is 2. The Morgan fingerprint density at radius 2 is 2.08 bits per heavy atom. The van der Waals surface area contributed by atoms with E-state index in [1.165, 1.54) is 4.90 Å². The molecule has 0 atom stereocenters. The lowest BCUT2D eigenvalue weighted by molar-refractivity contribution is 0.218. The van der Waals surface area contributed by atoms with Crippen LogP contribution in [0.5, 0.6) is 0 Å². The number of thioether (sulfide) groups is 1. The Morgan fingerprint density at radius 1 is 1.20 bits per heavy atom. The third-order valence-electron chi connectivity index (χ3n) is 3.46. The highest BCUT2D eigenvalue weighted by Crippen LogP contribution is 2.27. The van der Waals surface area contributed by atoms with Crippen molar-refractivity contribution in [1.29, 1.82) is 0 Å². The zero-order chi connectivity index (χ0) is 16.8. The van der Waals surface area contributed by atoms with Crippen molar-refractivity contribution < 1.29 is 4.74 Å². The molecule has 0 aliphatic carbocycles. The van der Waals surface area contributed by atoms with E-state index in [0.717, 1.165) is 40.3 Å². The minimum absolute atomic E-state index is 0. The summed E-state index contributed by atoms with van der Waals surface area (Å²) in [4.78, 5) is 9.91. The SMILES string of the molecule is C#Cc1cccc(Nc2ncnc3cc(SCCOC)ccc23)c1.Cl. The summed E-state index contributed by atoms with van der Waals surface area (Å²) in [6.45, 7) is 0.727. The molecule has 0 saturated heterocycles. The van der Waals surface area contributed by atoms with Crippen LogP contribution in [0.15, 0.2) is 53.7 Å². The van der Waals surface area contributed by atoms with E-state index in [1.54, 1.807) is 25.2 Å². The molecular formula is C19H18ClN3OS. The third kappa shape index (κ3) is 4.86. The Kier molecular flexibility index (Phi) is 7.08. The van der Waals surface area contributed by atoms with Crippen LogP contribution in [0.1, 0.15) is 5.56 Å². The topological polar surface area (TPSA) is 47.0 Å². The summed E-state index contributed by atoms with van der Waals surface area (Å²) in [6, 6.07) is 13.9. The van der Waals surface area contributed by atoms with E-state index in [4.69, 9.17) is 11.2 Å². The standard InChI is InChI=1S/C19H17N3OS.ClH/c1-3-14-5-4-6-15(11-14)22-19-17-8-7-16(24-10-9-23-2)12-18(17)20-13-21-19;/h1,4-8,11-13H,9-10H2,2H3,(H,20,21,22);1H. The fourth-order valence-corrected chi connectivity index (χ4v) is 3.14. The van der Waals surface area contributed by atoms with Crippen LogP contribution in [0.25, 0.3) is 10.9 Å². The molecule has 3 aromatic rings. The molecule has 1 heterocycles. The van der Waals surface area contributed by atoms with Crippen LogP contribution in [-0.2, 0) is 4.74 Å². The summed E-state index contributed by atoms with van der Waals surface area (Å²) in [6.07, 6.45) is 7.02. The van der Waals surface area contributed by atoms with Gasteiger partial charge in [-0.15, -0.1) is 30.6 Å². The van der Waals surface area contributed by atoms with Crippen LogP contribution in [0, 0.1) is 12.3 Å². The zero-order valence-electron chi connectivity index (χ0n) is 13.7. The van der Waals surface area contributed by atoms with Gasteiger partial charge in [0.2, 0.25) is 0 Å². The normalized spacial score (nSPS) is 10.1. The molecule has 3 rings (SSSR count). The second kappa shape index (κ2) is 9.28. The van der Waals surface area contributed by atoms with Gasteiger partial charge in [-0.3, -0.25) is 0 Å². The molecule has 0 spiro atoms. The average molecular weight is 372 g/mol. The molecule has 0 amide bonds. The zero-order valence-corrected chi connectivity index (χ0v) is 15.4. The molecule has 6 heteroatoms. The van der Waals surface area contributed by atoms with Crippen molar-refractivity contribution in [3.8, 4) is 12.3 Å². The molecule has 2 aromatic carbocycles. The van der Waals surface area contributed by atoms with Gasteiger partial charge in [-0.1, -0.05) is 12.0 Å². The van der Waals surface area contributed by atoms with Gasteiger partial charge in [-0.2, -0.15) is 0 Å². The first-order valence-corrected chi connectivity index (χ1v) is 8.49. The van der Waals surface area contributed by atoms with Crippen molar-refractivity contribution in [3.05, 3.63) is 54.4 Å². The number of methoxy groups -OCH3 is 1. The molecule has 128 valence electrons. The van der Waals surface area contributed by atoms with Gasteiger partial charge in [-0.25, -0.2) is 9.97 Å². The molecule has 4 nitrogen and oxygen atoms in total. The van der Waals surface area contributed by atoms with Gasteiger partial charge >= 0.3 is 0 Å². The monoisotopic (exact) mass is 371 g/mol. The number of ether oxygens (including phenoxy) is 1. The fourth-order valence-electron chi connectivity index (χ4n) is 2.29. The largest absolute Gasteiger partial charge is 0.384 e. The van der Waals surface area contributed by atoms with E-state index < -0.39 is 0 Å². The van der Waals surface area contributed by atoms with Crippen LogP contribution in [0.3, 0.4) is 0 Å². The number of hydrogen-bond donors (Lipinski definition) is 1. The molecule has 0 radical (unpaired) electrons. The smallest absolute Gasteiger partial charge is 0.141 e. The highest BCUT2D eigenvalue weighted by molar-refractivity contribution is 7.99. The highest BCUT2D eigenvalue weighted by atomic mass is 35.5. The Labute approximate surface area is 157 Å². The summed E-state index contributed by atoms with van der Waals surface area (Å²) in [7, 11) is 1.71. The van der Waals surface area contributed by atoms with Gasteiger partial charge in [0.15, 0.2) is 0 Å². The molecular weight excluding hydrogens is 354 g/mol. The highest BCUT2D eigenvalue weighted by Gasteiger charge is 2.06. The van der Waals surface area contributed by atoms with Crippen molar-refractivity contribution >= 4 is 46.6 Å². The Bertz CT molecular complexity index is 895. The number of hydrogen-bond acceptors (Lipinski definition) is 5. The second-order valence-corrected chi connectivity index (χ2v) is 6.26. The van der Waals surface area contributed by atoms with Gasteiger partial charge in [-0.05, 0) is 36.4 Å². The minimum atomic E-state index is 0. The van der Waals surface area contributed by atoms with Gasteiger partial charge in [0, 0.05) is 34.4 Å². The molecule has 0 aliphatic rings. The molecule has 1 N–H and O–H groups in total. The molecule has 0 bridgehead atoms. The first-order chi connectivity index (χ1) is 11.8. The maximum atomic E-state index is 5.45. The van der Waals surface area contributed by atoms with Crippen molar-refractivity contribution in [2.24, 2.45) is 0 Å². The number of aromatic nitrogens is 2. The maximum Gasteiger partial charge on any atom is 0.141 e. The molecule has 0 aliphatic heterocycles. The van der Waals surface area contributed by atoms with Gasteiger partial charge in [0.25, 0.3) is 0 Å². The first-order valence-electron chi connectivity index (χ1n) is 7.50. The Balaban J connectivity index is 0.00000225. The van der Waals surface area contributed by atoms with E-state index in [9.17, 15) is 0 Å². The lowest BCUT2D eigenvalue weighted by atomic mass is 10.2. The molecule has 0 unspecified atom stereocenters. The summed E-state index contributed by atoms with van der Waals surface area (Å²) in [5.41, 5.74) is 2.64. The Hall–Kier alpha value is -2.26. The van der Waals surface area contributed by atoms with E-state index in [2.05, 4.69) is 33.3 Å². The van der Waals surface area contributed by atoms with Crippen LogP contribution >= 0.6 is 24.2 Å². The Morgan fingerprint density at radius 3 is 2.88 bits per heavy atom. The summed E-state index contributed by atoms with van der Waals surface area (Å²) >= 11 is 1.75. The number of fused-ring (bicyclic) bond motifs is 1. The van der Waals surface area contributed by atoms with Crippen LogP contribution in [-0.4, -0.2) is 29.4 Å². The lowest BCUT2D eigenvalue weighted by Gasteiger charge is -2.09. The van der Waals surface area contributed by atoms with E-state index in [0.29, 0.717) is 0 Å². The minimum Gasteiger partial charge on any atom is -0.384 e. The maximum absolute atomic E-state index is 5.45. The number of terminal acetylenes is 1. The predicted octanol–water partition coefficient (Wildman–Crippen LogP) is 4.52. The van der Waals surface area contributed by atoms with Crippen LogP contribution < -0.4 is 5.32 Å². The number of nitrogens with zero attached hydrogens (tertiary/aromatic N) is 2. The van der Waals surface area contributed by atoms with Crippen LogP contribution in [0.4, 0.5) is 11.5 Å². The van der Waals surface area contributed by atoms with Crippen molar-refractivity contribution in [3.63, 3.8) is 0 Å². The molecule has 0 fully saturated rings. The number of nitrogens with one attached hydrogen (secondary N) is 1. The number of rotatable bonds is 6. The summed E-state index contributed by atoms with van der Waals surface area (Å²) in [5.74, 6) is 4.32. The predicted molar refractivity (Wildman–Crippen MR) is 107 cm³/mol.